The molecule has 2 heterocycles. The van der Waals surface area contributed by atoms with Gasteiger partial charge in [-0.2, -0.15) is 4.98 Å². The van der Waals surface area contributed by atoms with E-state index in [1.165, 1.54) is 0 Å². The molecule has 1 saturated heterocycles. The van der Waals surface area contributed by atoms with Gasteiger partial charge in [0.05, 0.1) is 16.6 Å². The molecule has 0 unspecified atom stereocenters. The molecular weight excluding hydrogens is 435 g/mol. The van der Waals surface area contributed by atoms with Crippen LogP contribution in [0, 0.1) is 6.92 Å². The molecule has 8 heteroatoms. The summed E-state index contributed by atoms with van der Waals surface area (Å²) in [7, 11) is 0. The predicted octanol–water partition coefficient (Wildman–Crippen LogP) is 4.63. The summed E-state index contributed by atoms with van der Waals surface area (Å²) in [5, 5.41) is 5.18. The highest BCUT2D eigenvalue weighted by molar-refractivity contribution is 6.42. The van der Waals surface area contributed by atoms with Gasteiger partial charge in [0.2, 0.25) is 17.6 Å². The second-order valence-electron chi connectivity index (χ2n) is 7.70. The number of aryl methyl sites for hydroxylation is 2. The highest BCUT2D eigenvalue weighted by atomic mass is 35.5. The molecule has 0 radical (unpaired) electrons. The van der Waals surface area contributed by atoms with E-state index in [0.29, 0.717) is 54.2 Å². The van der Waals surface area contributed by atoms with Crippen LogP contribution in [-0.2, 0) is 17.8 Å². The van der Waals surface area contributed by atoms with Crippen molar-refractivity contribution >= 4 is 29.1 Å². The molecule has 0 aliphatic carbocycles. The summed E-state index contributed by atoms with van der Waals surface area (Å²) in [6, 6.07) is 13.5. The van der Waals surface area contributed by atoms with Crippen molar-refractivity contribution in [2.75, 3.05) is 26.2 Å². The molecule has 3 aromatic rings. The van der Waals surface area contributed by atoms with Crippen LogP contribution in [0.5, 0.6) is 0 Å². The Kier molecular flexibility index (Phi) is 6.90. The number of carbonyl (C=O) groups is 1. The number of nitrogens with zero attached hydrogens (tertiary/aromatic N) is 4. The van der Waals surface area contributed by atoms with E-state index in [9.17, 15) is 4.79 Å². The van der Waals surface area contributed by atoms with E-state index in [0.717, 1.165) is 29.8 Å². The highest BCUT2D eigenvalue weighted by Crippen LogP contribution is 2.26. The standard InChI is InChI=1S/C23H24Cl2N4O2/c1-16-5-2-3-7-18(16)23-26-20(31-27-23)15-28-11-13-29(14-12-28)21(30)10-9-17-6-4-8-19(24)22(17)25/h2-8H,9-15H2,1H3. The Morgan fingerprint density at radius 3 is 2.61 bits per heavy atom. The minimum absolute atomic E-state index is 0.135. The molecule has 1 aromatic heterocycles. The monoisotopic (exact) mass is 458 g/mol. The molecule has 2 aromatic carbocycles. The van der Waals surface area contributed by atoms with E-state index in [-0.39, 0.29) is 5.91 Å². The largest absolute Gasteiger partial charge is 0.340 e. The average Bonchev–Trinajstić information content (AvgIpc) is 3.23. The number of rotatable bonds is 6. The number of carbonyl (C=O) groups excluding carboxylic acids is 1. The van der Waals surface area contributed by atoms with Gasteiger partial charge in [-0.15, -0.1) is 0 Å². The zero-order valence-electron chi connectivity index (χ0n) is 17.4. The summed E-state index contributed by atoms with van der Waals surface area (Å²) >= 11 is 12.3. The van der Waals surface area contributed by atoms with E-state index in [4.69, 9.17) is 27.7 Å². The minimum Gasteiger partial charge on any atom is -0.340 e. The Balaban J connectivity index is 1.27. The van der Waals surface area contributed by atoms with Gasteiger partial charge < -0.3 is 9.42 Å². The molecule has 0 spiro atoms. The summed E-state index contributed by atoms with van der Waals surface area (Å²) in [5.41, 5.74) is 3.00. The van der Waals surface area contributed by atoms with Crippen LogP contribution in [0.4, 0.5) is 0 Å². The normalized spacial score (nSPS) is 14.7. The maximum Gasteiger partial charge on any atom is 0.241 e. The van der Waals surface area contributed by atoms with Crippen LogP contribution in [0.25, 0.3) is 11.4 Å². The summed E-state index contributed by atoms with van der Waals surface area (Å²) in [6.07, 6.45) is 1.01. The van der Waals surface area contributed by atoms with Crippen molar-refractivity contribution in [1.82, 2.24) is 19.9 Å². The Labute approximate surface area is 191 Å². The Hall–Kier alpha value is -2.41. The van der Waals surface area contributed by atoms with Gasteiger partial charge in [0.25, 0.3) is 0 Å². The lowest BCUT2D eigenvalue weighted by Gasteiger charge is -2.34. The minimum atomic E-state index is 0.135. The smallest absolute Gasteiger partial charge is 0.241 e. The van der Waals surface area contributed by atoms with E-state index in [2.05, 4.69) is 15.0 Å². The van der Waals surface area contributed by atoms with Crippen molar-refractivity contribution in [3.05, 3.63) is 69.5 Å². The van der Waals surface area contributed by atoms with Crippen LogP contribution >= 0.6 is 23.2 Å². The van der Waals surface area contributed by atoms with Crippen molar-refractivity contribution in [2.45, 2.75) is 26.3 Å². The third-order valence-electron chi connectivity index (χ3n) is 5.58. The number of piperazine rings is 1. The summed E-state index contributed by atoms with van der Waals surface area (Å²) in [6.45, 7) is 5.51. The van der Waals surface area contributed by atoms with E-state index in [1.54, 1.807) is 6.07 Å². The van der Waals surface area contributed by atoms with Crippen LogP contribution in [0.3, 0.4) is 0 Å². The summed E-state index contributed by atoms with van der Waals surface area (Å²) in [4.78, 5) is 21.3. The molecule has 0 N–H and O–H groups in total. The zero-order valence-corrected chi connectivity index (χ0v) is 18.9. The fourth-order valence-electron chi connectivity index (χ4n) is 3.74. The zero-order chi connectivity index (χ0) is 21.8. The third kappa shape index (κ3) is 5.26. The first kappa shape index (κ1) is 21.8. The first-order chi connectivity index (χ1) is 15.0. The highest BCUT2D eigenvalue weighted by Gasteiger charge is 2.23. The Morgan fingerprint density at radius 1 is 1.06 bits per heavy atom. The number of hydrogen-bond donors (Lipinski definition) is 0. The third-order valence-corrected chi connectivity index (χ3v) is 6.44. The van der Waals surface area contributed by atoms with Gasteiger partial charge in [0.1, 0.15) is 0 Å². The lowest BCUT2D eigenvalue weighted by atomic mass is 10.1. The molecule has 31 heavy (non-hydrogen) atoms. The fourth-order valence-corrected chi connectivity index (χ4v) is 4.15. The summed E-state index contributed by atoms with van der Waals surface area (Å²) in [5.74, 6) is 1.34. The van der Waals surface area contributed by atoms with Crippen LogP contribution in [0.1, 0.15) is 23.4 Å². The predicted molar refractivity (Wildman–Crippen MR) is 121 cm³/mol. The van der Waals surface area contributed by atoms with Crippen molar-refractivity contribution < 1.29 is 9.32 Å². The Bertz CT molecular complexity index is 1060. The SMILES string of the molecule is Cc1ccccc1-c1noc(CN2CCN(C(=O)CCc3cccc(Cl)c3Cl)CC2)n1. The van der Waals surface area contributed by atoms with Crippen molar-refractivity contribution in [3.63, 3.8) is 0 Å². The number of aromatic nitrogens is 2. The number of amides is 1. The second-order valence-corrected chi connectivity index (χ2v) is 8.48. The van der Waals surface area contributed by atoms with E-state index >= 15 is 0 Å². The number of benzene rings is 2. The van der Waals surface area contributed by atoms with Crippen LogP contribution < -0.4 is 0 Å². The molecular formula is C23H24Cl2N4O2. The van der Waals surface area contributed by atoms with E-state index < -0.39 is 0 Å². The number of hydrogen-bond acceptors (Lipinski definition) is 5. The molecule has 1 aliphatic heterocycles. The first-order valence-electron chi connectivity index (χ1n) is 10.3. The topological polar surface area (TPSA) is 62.5 Å². The maximum atomic E-state index is 12.6. The molecule has 4 rings (SSSR count). The summed E-state index contributed by atoms with van der Waals surface area (Å²) < 4.78 is 5.45. The van der Waals surface area contributed by atoms with Crippen LogP contribution in [0.2, 0.25) is 10.0 Å². The maximum absolute atomic E-state index is 12.6. The quantitative estimate of drug-likeness (QED) is 0.538. The lowest BCUT2D eigenvalue weighted by Crippen LogP contribution is -2.48. The first-order valence-corrected chi connectivity index (χ1v) is 11.1. The van der Waals surface area contributed by atoms with Crippen molar-refractivity contribution in [2.24, 2.45) is 0 Å². The molecule has 6 nitrogen and oxygen atoms in total. The fraction of sp³-hybridized carbons (Fsp3) is 0.348. The lowest BCUT2D eigenvalue weighted by molar-refractivity contribution is -0.133. The number of halogens is 2. The second kappa shape index (κ2) is 9.81. The molecule has 0 bridgehead atoms. The molecule has 1 aliphatic rings. The van der Waals surface area contributed by atoms with Gasteiger partial charge in [0.15, 0.2) is 0 Å². The van der Waals surface area contributed by atoms with Gasteiger partial charge >= 0.3 is 0 Å². The average molecular weight is 459 g/mol. The van der Waals surface area contributed by atoms with Gasteiger partial charge in [-0.25, -0.2) is 0 Å². The Morgan fingerprint density at radius 2 is 1.84 bits per heavy atom. The van der Waals surface area contributed by atoms with Crippen LogP contribution in [-0.4, -0.2) is 52.0 Å². The molecule has 162 valence electrons. The van der Waals surface area contributed by atoms with Gasteiger partial charge in [-0.05, 0) is 30.5 Å². The molecule has 0 saturated carbocycles. The van der Waals surface area contributed by atoms with Gasteiger partial charge in [-0.1, -0.05) is 64.8 Å². The van der Waals surface area contributed by atoms with E-state index in [1.807, 2.05) is 48.2 Å². The van der Waals surface area contributed by atoms with Crippen molar-refractivity contribution in [3.8, 4) is 11.4 Å². The van der Waals surface area contributed by atoms with Gasteiger partial charge in [-0.3, -0.25) is 9.69 Å². The van der Waals surface area contributed by atoms with Gasteiger partial charge in [0, 0.05) is 38.2 Å². The van der Waals surface area contributed by atoms with Crippen LogP contribution in [0.15, 0.2) is 47.0 Å². The molecule has 1 amide bonds. The van der Waals surface area contributed by atoms with Crippen molar-refractivity contribution in [1.29, 1.82) is 0 Å². The molecule has 0 atom stereocenters. The molecule has 1 fully saturated rings.